The van der Waals surface area contributed by atoms with Gasteiger partial charge in [0, 0.05) is 18.3 Å². The fraction of sp³-hybridized carbons (Fsp3) is 0.200. The molecule has 0 atom stereocenters. The van der Waals surface area contributed by atoms with E-state index >= 15 is 0 Å². The van der Waals surface area contributed by atoms with Crippen LogP contribution < -0.4 is 15.4 Å². The summed E-state index contributed by atoms with van der Waals surface area (Å²) in [5.74, 6) is 1.70. The smallest absolute Gasteiger partial charge is 0.224 e. The Kier molecular flexibility index (Phi) is 5.63. The lowest BCUT2D eigenvalue weighted by atomic mass is 10.1. The van der Waals surface area contributed by atoms with Crippen LogP contribution in [0.2, 0.25) is 0 Å². The number of para-hydroxylation sites is 2. The third kappa shape index (κ3) is 4.47. The number of aromatic nitrogens is 2. The topological polar surface area (TPSA) is 59.1 Å². The van der Waals surface area contributed by atoms with Gasteiger partial charge in [0.05, 0.1) is 12.8 Å². The number of nitrogens with one attached hydrogen (secondary N) is 2. The van der Waals surface area contributed by atoms with Crippen LogP contribution in [0.4, 0.5) is 21.8 Å². The number of anilines is 3. The number of benzene rings is 2. The molecule has 0 unspecified atom stereocenters. The van der Waals surface area contributed by atoms with Crippen LogP contribution in [0.15, 0.2) is 54.6 Å². The maximum Gasteiger partial charge on any atom is 0.224 e. The van der Waals surface area contributed by atoms with Gasteiger partial charge in [-0.25, -0.2) is 9.37 Å². The molecular weight excluding hydrogens is 331 g/mol. The van der Waals surface area contributed by atoms with Crippen molar-refractivity contribution in [3.05, 3.63) is 71.7 Å². The fourth-order valence-electron chi connectivity index (χ4n) is 2.61. The number of rotatable bonds is 7. The second kappa shape index (κ2) is 8.29. The van der Waals surface area contributed by atoms with Gasteiger partial charge in [-0.2, -0.15) is 4.98 Å². The maximum atomic E-state index is 13.7. The van der Waals surface area contributed by atoms with Crippen LogP contribution in [0.1, 0.15) is 11.3 Å². The van der Waals surface area contributed by atoms with Crippen molar-refractivity contribution in [2.75, 3.05) is 24.3 Å². The molecule has 0 fully saturated rings. The molecule has 0 aliphatic heterocycles. The molecule has 1 aromatic heterocycles. The van der Waals surface area contributed by atoms with Crippen LogP contribution in [0.3, 0.4) is 0 Å². The number of ether oxygens (including phenoxy) is 1. The Labute approximate surface area is 152 Å². The fourth-order valence-corrected chi connectivity index (χ4v) is 2.61. The Hall–Kier alpha value is -3.15. The molecule has 0 aliphatic carbocycles. The van der Waals surface area contributed by atoms with E-state index in [1.54, 1.807) is 19.2 Å². The van der Waals surface area contributed by atoms with Crippen molar-refractivity contribution >= 4 is 17.5 Å². The molecule has 2 N–H and O–H groups in total. The molecule has 26 heavy (non-hydrogen) atoms. The number of hydrogen-bond acceptors (Lipinski definition) is 5. The molecule has 0 amide bonds. The number of methoxy groups -OCH3 is 1. The normalized spacial score (nSPS) is 10.4. The van der Waals surface area contributed by atoms with Gasteiger partial charge < -0.3 is 15.4 Å². The molecule has 3 rings (SSSR count). The Morgan fingerprint density at radius 1 is 1.04 bits per heavy atom. The van der Waals surface area contributed by atoms with Gasteiger partial charge in [-0.3, -0.25) is 0 Å². The lowest BCUT2D eigenvalue weighted by Gasteiger charge is -2.12. The highest BCUT2D eigenvalue weighted by Crippen LogP contribution is 2.26. The predicted octanol–water partition coefficient (Wildman–Crippen LogP) is 4.33. The van der Waals surface area contributed by atoms with Crippen LogP contribution in [0, 0.1) is 12.7 Å². The summed E-state index contributed by atoms with van der Waals surface area (Å²) >= 11 is 0. The summed E-state index contributed by atoms with van der Waals surface area (Å²) in [7, 11) is 1.63. The molecule has 5 nitrogen and oxygen atoms in total. The number of halogens is 1. The van der Waals surface area contributed by atoms with Crippen LogP contribution >= 0.6 is 0 Å². The Morgan fingerprint density at radius 3 is 2.62 bits per heavy atom. The zero-order valence-electron chi connectivity index (χ0n) is 14.8. The molecule has 2 aromatic carbocycles. The van der Waals surface area contributed by atoms with Crippen molar-refractivity contribution in [1.29, 1.82) is 0 Å². The van der Waals surface area contributed by atoms with Crippen molar-refractivity contribution in [2.45, 2.75) is 13.3 Å². The van der Waals surface area contributed by atoms with E-state index in [9.17, 15) is 4.39 Å². The van der Waals surface area contributed by atoms with Crippen molar-refractivity contribution in [1.82, 2.24) is 9.97 Å². The number of nitrogens with zero attached hydrogens (tertiary/aromatic N) is 2. The van der Waals surface area contributed by atoms with Crippen LogP contribution in [-0.2, 0) is 6.42 Å². The standard InChI is InChI=1S/C20H21FN4O/c1-14-13-19(24-17-9-5-6-10-18(17)26-2)25-20(23-14)22-12-11-15-7-3-4-8-16(15)21/h3-10,13H,11-12H2,1-2H3,(H2,22,23,24,25). The highest BCUT2D eigenvalue weighted by atomic mass is 19.1. The first kappa shape index (κ1) is 17.7. The molecule has 3 aromatic rings. The van der Waals surface area contributed by atoms with Gasteiger partial charge >= 0.3 is 0 Å². The predicted molar refractivity (Wildman–Crippen MR) is 102 cm³/mol. The minimum atomic E-state index is -0.196. The summed E-state index contributed by atoms with van der Waals surface area (Å²) in [4.78, 5) is 8.86. The average molecular weight is 352 g/mol. The van der Waals surface area contributed by atoms with E-state index in [1.165, 1.54) is 6.07 Å². The van der Waals surface area contributed by atoms with Gasteiger partial charge in [-0.15, -0.1) is 0 Å². The van der Waals surface area contributed by atoms with E-state index in [0.717, 1.165) is 17.1 Å². The van der Waals surface area contributed by atoms with E-state index in [-0.39, 0.29) is 5.82 Å². The van der Waals surface area contributed by atoms with Crippen LogP contribution in [-0.4, -0.2) is 23.6 Å². The van der Waals surface area contributed by atoms with Crippen molar-refractivity contribution < 1.29 is 9.13 Å². The van der Waals surface area contributed by atoms with Crippen LogP contribution in [0.5, 0.6) is 5.75 Å². The Morgan fingerprint density at radius 2 is 1.81 bits per heavy atom. The highest BCUT2D eigenvalue weighted by molar-refractivity contribution is 5.64. The zero-order valence-corrected chi connectivity index (χ0v) is 14.8. The lowest BCUT2D eigenvalue weighted by molar-refractivity contribution is 0.417. The van der Waals surface area contributed by atoms with E-state index < -0.39 is 0 Å². The first-order chi connectivity index (χ1) is 12.7. The molecule has 1 heterocycles. The van der Waals surface area contributed by atoms with Gasteiger partial charge in [0.1, 0.15) is 17.4 Å². The summed E-state index contributed by atoms with van der Waals surface area (Å²) in [5.41, 5.74) is 2.32. The summed E-state index contributed by atoms with van der Waals surface area (Å²) in [5, 5.41) is 6.40. The van der Waals surface area contributed by atoms with Gasteiger partial charge in [0.25, 0.3) is 0 Å². The van der Waals surface area contributed by atoms with Crippen molar-refractivity contribution in [3.8, 4) is 5.75 Å². The molecule has 0 saturated carbocycles. The second-order valence-electron chi connectivity index (χ2n) is 5.81. The van der Waals surface area contributed by atoms with Gasteiger partial charge in [-0.05, 0) is 37.1 Å². The third-order valence-electron chi connectivity index (χ3n) is 3.86. The largest absolute Gasteiger partial charge is 0.495 e. The van der Waals surface area contributed by atoms with Gasteiger partial charge in [0.15, 0.2) is 0 Å². The first-order valence-corrected chi connectivity index (χ1v) is 8.38. The number of hydrogen-bond donors (Lipinski definition) is 2. The minimum Gasteiger partial charge on any atom is -0.495 e. The van der Waals surface area contributed by atoms with Gasteiger partial charge in [-0.1, -0.05) is 30.3 Å². The maximum absolute atomic E-state index is 13.7. The third-order valence-corrected chi connectivity index (χ3v) is 3.86. The lowest BCUT2D eigenvalue weighted by Crippen LogP contribution is -2.10. The molecule has 0 radical (unpaired) electrons. The quantitative estimate of drug-likeness (QED) is 0.663. The monoisotopic (exact) mass is 352 g/mol. The zero-order chi connectivity index (χ0) is 18.4. The van der Waals surface area contributed by atoms with E-state index in [1.807, 2.05) is 43.3 Å². The van der Waals surface area contributed by atoms with Crippen molar-refractivity contribution in [3.63, 3.8) is 0 Å². The van der Waals surface area contributed by atoms with E-state index in [4.69, 9.17) is 4.74 Å². The summed E-state index contributed by atoms with van der Waals surface area (Å²) in [6, 6.07) is 16.2. The van der Waals surface area contributed by atoms with Crippen molar-refractivity contribution in [2.24, 2.45) is 0 Å². The molecule has 6 heteroatoms. The molecular formula is C20H21FN4O. The average Bonchev–Trinajstić information content (AvgIpc) is 2.63. The first-order valence-electron chi connectivity index (χ1n) is 8.38. The minimum absolute atomic E-state index is 0.196. The summed E-state index contributed by atoms with van der Waals surface area (Å²) in [6.45, 7) is 2.44. The van der Waals surface area contributed by atoms with E-state index in [2.05, 4.69) is 20.6 Å². The Bertz CT molecular complexity index is 885. The molecule has 134 valence electrons. The molecule has 0 bridgehead atoms. The Balaban J connectivity index is 1.68. The van der Waals surface area contributed by atoms with E-state index in [0.29, 0.717) is 30.3 Å². The molecule has 0 saturated heterocycles. The highest BCUT2D eigenvalue weighted by Gasteiger charge is 2.07. The molecule has 0 aliphatic rings. The van der Waals surface area contributed by atoms with Crippen LogP contribution in [0.25, 0.3) is 0 Å². The second-order valence-corrected chi connectivity index (χ2v) is 5.81. The summed E-state index contributed by atoms with van der Waals surface area (Å²) in [6.07, 6.45) is 0.555. The molecule has 0 spiro atoms. The summed E-state index contributed by atoms with van der Waals surface area (Å²) < 4.78 is 19.0. The number of aryl methyl sites for hydroxylation is 1. The van der Waals surface area contributed by atoms with Gasteiger partial charge in [0.2, 0.25) is 5.95 Å². The SMILES string of the molecule is COc1ccccc1Nc1cc(C)nc(NCCc2ccccc2F)n1.